The summed E-state index contributed by atoms with van der Waals surface area (Å²) in [5.41, 5.74) is 2.62. The first-order chi connectivity index (χ1) is 18.5. The third-order valence-corrected chi connectivity index (χ3v) is 6.92. The van der Waals surface area contributed by atoms with Gasteiger partial charge in [0.25, 0.3) is 11.8 Å². The minimum atomic E-state index is -0.635. The lowest BCUT2D eigenvalue weighted by atomic mass is 10.1. The molecule has 1 aliphatic carbocycles. The van der Waals surface area contributed by atoms with Gasteiger partial charge in [-0.3, -0.25) is 14.4 Å². The molecule has 12 nitrogen and oxygen atoms in total. The molecule has 1 saturated heterocycles. The van der Waals surface area contributed by atoms with Crippen molar-refractivity contribution in [2.24, 2.45) is 21.4 Å². The van der Waals surface area contributed by atoms with Gasteiger partial charge in [0.15, 0.2) is 6.10 Å². The van der Waals surface area contributed by atoms with E-state index in [0.29, 0.717) is 67.2 Å². The van der Waals surface area contributed by atoms with E-state index in [1.165, 1.54) is 17.7 Å². The average Bonchev–Trinajstić information content (AvgIpc) is 3.33. The van der Waals surface area contributed by atoms with Gasteiger partial charge in [-0.05, 0) is 47.7 Å². The fraction of sp³-hybridized carbons (Fsp3) is 0.423. The number of fused-ring (bicyclic) bond motifs is 1. The van der Waals surface area contributed by atoms with Crippen LogP contribution >= 0.6 is 0 Å². The fourth-order valence-corrected chi connectivity index (χ4v) is 4.60. The first-order valence-electron chi connectivity index (χ1n) is 12.7. The first-order valence-corrected chi connectivity index (χ1v) is 12.7. The molecule has 0 bridgehead atoms. The molecular formula is C26H27N7O5. The minimum absolute atomic E-state index is 0.0680. The van der Waals surface area contributed by atoms with Crippen molar-refractivity contribution in [1.82, 2.24) is 15.2 Å². The Morgan fingerprint density at radius 3 is 2.79 bits per heavy atom. The van der Waals surface area contributed by atoms with Crippen LogP contribution in [0.15, 0.2) is 52.0 Å². The monoisotopic (exact) mass is 517 g/mol. The summed E-state index contributed by atoms with van der Waals surface area (Å²) in [6.07, 6.45) is 3.87. The minimum Gasteiger partial charge on any atom is -0.479 e. The molecule has 2 aromatic rings. The number of nitrogens with one attached hydrogen (secondary N) is 1. The molecule has 3 amide bonds. The highest BCUT2D eigenvalue weighted by Gasteiger charge is 2.36. The van der Waals surface area contributed by atoms with Crippen LogP contribution in [0.1, 0.15) is 35.2 Å². The smallest absolute Gasteiger partial charge is 0.268 e. The molecule has 1 aromatic carbocycles. The predicted octanol–water partition coefficient (Wildman–Crippen LogP) is 1.95. The second-order valence-corrected chi connectivity index (χ2v) is 9.81. The molecule has 6 rings (SSSR count). The van der Waals surface area contributed by atoms with E-state index < -0.39 is 6.10 Å². The third kappa shape index (κ3) is 5.20. The number of anilines is 1. The highest BCUT2D eigenvalue weighted by Crippen LogP contribution is 2.31. The number of benzene rings is 1. The highest BCUT2D eigenvalue weighted by atomic mass is 16.5. The molecular weight excluding hydrogens is 490 g/mol. The third-order valence-electron chi connectivity index (χ3n) is 6.92. The maximum Gasteiger partial charge on any atom is 0.268 e. The van der Waals surface area contributed by atoms with E-state index in [0.717, 1.165) is 5.56 Å². The Morgan fingerprint density at radius 1 is 1.13 bits per heavy atom. The lowest BCUT2D eigenvalue weighted by molar-refractivity contribution is -0.123. The van der Waals surface area contributed by atoms with Gasteiger partial charge in [-0.1, -0.05) is 6.07 Å². The molecule has 1 aromatic heterocycles. The van der Waals surface area contributed by atoms with E-state index >= 15 is 0 Å². The molecule has 1 N–H and O–H groups in total. The van der Waals surface area contributed by atoms with Gasteiger partial charge < -0.3 is 24.6 Å². The Balaban J connectivity index is 1.04. The Labute approximate surface area is 218 Å². The maximum atomic E-state index is 13.1. The predicted molar refractivity (Wildman–Crippen MR) is 135 cm³/mol. The molecule has 38 heavy (non-hydrogen) atoms. The Bertz CT molecular complexity index is 1320. The summed E-state index contributed by atoms with van der Waals surface area (Å²) in [6, 6.07) is 8.90. The van der Waals surface area contributed by atoms with Crippen molar-refractivity contribution in [1.29, 1.82) is 0 Å². The van der Waals surface area contributed by atoms with Gasteiger partial charge in [-0.25, -0.2) is 4.98 Å². The van der Waals surface area contributed by atoms with Crippen molar-refractivity contribution in [2.45, 2.75) is 31.9 Å². The molecule has 1 saturated carbocycles. The standard InChI is InChI=1S/C26H27N7O5/c34-23(27-10-18-11-29-31-30-18)14-32-13-17-3-4-19(9-21(17)25(32)35)33-8-7-22(26(33)36)38-20-5-6-24(28-12-20)37-15-16-1-2-16/h3-6,9,12,16,22H,1-2,7-8,10-11,13-15H2,(H,27,34)/t22-/m1/s1. The van der Waals surface area contributed by atoms with E-state index in [4.69, 9.17) is 9.47 Å². The molecule has 0 radical (unpaired) electrons. The summed E-state index contributed by atoms with van der Waals surface area (Å²) < 4.78 is 11.6. The van der Waals surface area contributed by atoms with Crippen molar-refractivity contribution in [2.75, 3.05) is 37.7 Å². The normalized spacial score (nSPS) is 20.1. The molecule has 4 aliphatic rings. The van der Waals surface area contributed by atoms with Crippen LogP contribution in [-0.4, -0.2) is 72.2 Å². The van der Waals surface area contributed by atoms with E-state index in [9.17, 15) is 14.4 Å². The molecule has 0 unspecified atom stereocenters. The second kappa shape index (κ2) is 10.2. The second-order valence-electron chi connectivity index (χ2n) is 9.81. The van der Waals surface area contributed by atoms with Crippen LogP contribution in [0.25, 0.3) is 0 Å². The number of aromatic nitrogens is 1. The average molecular weight is 518 g/mol. The van der Waals surface area contributed by atoms with Gasteiger partial charge >= 0.3 is 0 Å². The number of ether oxygens (including phenoxy) is 2. The molecule has 3 aliphatic heterocycles. The highest BCUT2D eigenvalue weighted by molar-refractivity contribution is 6.04. The summed E-state index contributed by atoms with van der Waals surface area (Å²) >= 11 is 0. The first kappa shape index (κ1) is 24.0. The Kier molecular flexibility index (Phi) is 6.44. The summed E-state index contributed by atoms with van der Waals surface area (Å²) in [6.45, 7) is 2.04. The molecule has 0 spiro atoms. The maximum absolute atomic E-state index is 13.1. The molecule has 196 valence electrons. The lowest BCUT2D eigenvalue weighted by Gasteiger charge is -2.18. The molecule has 1 atom stereocenters. The number of hydrogen-bond donors (Lipinski definition) is 1. The van der Waals surface area contributed by atoms with Crippen molar-refractivity contribution >= 4 is 29.1 Å². The summed E-state index contributed by atoms with van der Waals surface area (Å²) in [4.78, 5) is 45.9. The number of carbonyl (C=O) groups is 3. The van der Waals surface area contributed by atoms with Gasteiger partial charge in [-0.15, -0.1) is 5.10 Å². The Morgan fingerprint density at radius 2 is 2.03 bits per heavy atom. The van der Waals surface area contributed by atoms with Crippen molar-refractivity contribution < 1.29 is 23.9 Å². The van der Waals surface area contributed by atoms with E-state index in [2.05, 4.69) is 25.7 Å². The molecule has 4 heterocycles. The van der Waals surface area contributed by atoms with Gasteiger partial charge in [0.05, 0.1) is 25.1 Å². The van der Waals surface area contributed by atoms with E-state index in [1.807, 2.05) is 12.1 Å². The number of amides is 3. The topological polar surface area (TPSA) is 138 Å². The number of pyridine rings is 1. The largest absolute Gasteiger partial charge is 0.479 e. The van der Waals surface area contributed by atoms with Crippen LogP contribution in [0.3, 0.4) is 0 Å². The summed E-state index contributed by atoms with van der Waals surface area (Å²) in [7, 11) is 0. The zero-order valence-corrected chi connectivity index (χ0v) is 20.7. The summed E-state index contributed by atoms with van der Waals surface area (Å²) in [5.74, 6) is 0.998. The fourth-order valence-electron chi connectivity index (χ4n) is 4.60. The van der Waals surface area contributed by atoms with Crippen molar-refractivity contribution in [3.63, 3.8) is 0 Å². The van der Waals surface area contributed by atoms with Crippen LogP contribution in [-0.2, 0) is 16.1 Å². The summed E-state index contributed by atoms with van der Waals surface area (Å²) in [5, 5.41) is 13.8. The zero-order valence-electron chi connectivity index (χ0n) is 20.7. The Hall–Kier alpha value is -4.35. The van der Waals surface area contributed by atoms with Gasteiger partial charge in [0, 0.05) is 36.8 Å². The van der Waals surface area contributed by atoms with Gasteiger partial charge in [-0.2, -0.15) is 5.11 Å². The zero-order chi connectivity index (χ0) is 26.1. The van der Waals surface area contributed by atoms with E-state index in [1.54, 1.807) is 29.3 Å². The lowest BCUT2D eigenvalue weighted by Crippen LogP contribution is -2.39. The number of carbonyl (C=O) groups excluding carboxylic acids is 3. The van der Waals surface area contributed by atoms with Crippen LogP contribution in [0.2, 0.25) is 0 Å². The number of nitrogens with zero attached hydrogens (tertiary/aromatic N) is 6. The van der Waals surface area contributed by atoms with Gasteiger partial charge in [0.1, 0.15) is 18.8 Å². The van der Waals surface area contributed by atoms with Crippen LogP contribution < -0.4 is 19.7 Å². The van der Waals surface area contributed by atoms with E-state index in [-0.39, 0.29) is 30.8 Å². The molecule has 12 heteroatoms. The van der Waals surface area contributed by atoms with Crippen LogP contribution in [0.4, 0.5) is 5.69 Å². The molecule has 2 fully saturated rings. The van der Waals surface area contributed by atoms with Gasteiger partial charge in [0.2, 0.25) is 11.8 Å². The quantitative estimate of drug-likeness (QED) is 0.511. The number of hydrogen-bond acceptors (Lipinski definition) is 9. The van der Waals surface area contributed by atoms with Crippen LogP contribution in [0.5, 0.6) is 11.6 Å². The van der Waals surface area contributed by atoms with Crippen LogP contribution in [0, 0.1) is 5.92 Å². The van der Waals surface area contributed by atoms with Crippen molar-refractivity contribution in [3.05, 3.63) is 47.7 Å². The SMILES string of the molecule is O=C(CN1Cc2ccc(N3CC[C@@H](Oc4ccc(OCC5CC5)nc4)C3=O)cc2C1=O)NCC1=NN=NC1. The number of rotatable bonds is 10. The van der Waals surface area contributed by atoms with Crippen molar-refractivity contribution in [3.8, 4) is 11.6 Å².